The first-order valence-electron chi connectivity index (χ1n) is 6.32. The van der Waals surface area contributed by atoms with Crippen LogP contribution in [0.2, 0.25) is 0 Å². The maximum absolute atomic E-state index is 11.0. The van der Waals surface area contributed by atoms with Crippen LogP contribution in [0.25, 0.3) is 0 Å². The molecule has 0 aromatic carbocycles. The topological polar surface area (TPSA) is 33.2 Å². The normalized spacial score (nSPS) is 10.9. The Morgan fingerprint density at radius 3 is 2.59 bits per heavy atom. The van der Waals surface area contributed by atoms with E-state index in [2.05, 4.69) is 37.6 Å². The van der Waals surface area contributed by atoms with Crippen molar-refractivity contribution in [2.45, 2.75) is 40.5 Å². The van der Waals surface area contributed by atoms with Crippen LogP contribution in [-0.2, 0) is 6.42 Å². The number of aryl methyl sites for hydroxylation is 1. The maximum Gasteiger partial charge on any atom is 0.186 e. The van der Waals surface area contributed by atoms with Gasteiger partial charge in [-0.05, 0) is 19.3 Å². The molecule has 96 valence electrons. The van der Waals surface area contributed by atoms with E-state index in [1.807, 2.05) is 0 Å². The molecular weight excluding hydrogens is 232 g/mol. The predicted octanol–water partition coefficient (Wildman–Crippen LogP) is 3.39. The molecule has 0 unspecified atom stereocenters. The summed E-state index contributed by atoms with van der Waals surface area (Å²) in [5.74, 6) is 0.605. The molecule has 0 atom stereocenters. The number of thiazole rings is 1. The molecule has 0 bridgehead atoms. The molecule has 0 saturated heterocycles. The van der Waals surface area contributed by atoms with Gasteiger partial charge in [0.2, 0.25) is 0 Å². The van der Waals surface area contributed by atoms with Gasteiger partial charge in [-0.2, -0.15) is 0 Å². The maximum atomic E-state index is 11.0. The van der Waals surface area contributed by atoms with E-state index in [0.717, 1.165) is 47.9 Å². The number of carbonyl (C=O) groups is 1. The lowest BCUT2D eigenvalue weighted by Crippen LogP contribution is -2.27. The fraction of sp³-hybridized carbons (Fsp3) is 0.692. The van der Waals surface area contributed by atoms with Gasteiger partial charge in [0.15, 0.2) is 11.4 Å². The van der Waals surface area contributed by atoms with E-state index in [4.69, 9.17) is 0 Å². The van der Waals surface area contributed by atoms with Crippen LogP contribution in [0.1, 0.15) is 49.5 Å². The highest BCUT2D eigenvalue weighted by Crippen LogP contribution is 2.26. The SMILES string of the molecule is CCCc1nc(N(CC)CC(C)C)sc1C=O. The molecule has 0 saturated carbocycles. The molecule has 0 aliphatic rings. The van der Waals surface area contributed by atoms with Gasteiger partial charge in [-0.25, -0.2) is 4.98 Å². The highest BCUT2D eigenvalue weighted by Gasteiger charge is 2.15. The second kappa shape index (κ2) is 6.74. The van der Waals surface area contributed by atoms with Crippen LogP contribution in [0.15, 0.2) is 0 Å². The number of carbonyl (C=O) groups excluding carboxylic acids is 1. The standard InChI is InChI=1S/C13H22N2OS/c1-5-7-11-12(9-16)17-13(14-11)15(6-2)8-10(3)4/h9-10H,5-8H2,1-4H3. The molecule has 1 heterocycles. The zero-order chi connectivity index (χ0) is 12.8. The van der Waals surface area contributed by atoms with Crippen molar-refractivity contribution in [2.75, 3.05) is 18.0 Å². The van der Waals surface area contributed by atoms with Crippen LogP contribution in [0.4, 0.5) is 5.13 Å². The van der Waals surface area contributed by atoms with E-state index in [0.29, 0.717) is 5.92 Å². The van der Waals surface area contributed by atoms with Crippen molar-refractivity contribution in [2.24, 2.45) is 5.92 Å². The van der Waals surface area contributed by atoms with Crippen molar-refractivity contribution < 1.29 is 4.79 Å². The zero-order valence-electron chi connectivity index (χ0n) is 11.2. The molecule has 0 spiro atoms. The Kier molecular flexibility index (Phi) is 5.62. The van der Waals surface area contributed by atoms with Gasteiger partial charge in [0, 0.05) is 13.1 Å². The number of hydrogen-bond acceptors (Lipinski definition) is 4. The van der Waals surface area contributed by atoms with Crippen molar-refractivity contribution in [3.8, 4) is 0 Å². The first-order valence-corrected chi connectivity index (χ1v) is 7.13. The minimum absolute atomic E-state index is 0.605. The summed E-state index contributed by atoms with van der Waals surface area (Å²) in [5.41, 5.74) is 0.963. The van der Waals surface area contributed by atoms with Crippen LogP contribution in [0, 0.1) is 5.92 Å². The van der Waals surface area contributed by atoms with Gasteiger partial charge in [-0.3, -0.25) is 4.79 Å². The second-order valence-electron chi connectivity index (χ2n) is 4.61. The van der Waals surface area contributed by atoms with Gasteiger partial charge in [0.1, 0.15) is 0 Å². The lowest BCUT2D eigenvalue weighted by molar-refractivity contribution is 0.112. The highest BCUT2D eigenvalue weighted by molar-refractivity contribution is 7.17. The van der Waals surface area contributed by atoms with Crippen molar-refractivity contribution in [1.82, 2.24) is 4.98 Å². The summed E-state index contributed by atoms with van der Waals surface area (Å²) in [5, 5.41) is 0.992. The minimum atomic E-state index is 0.605. The Morgan fingerprint density at radius 1 is 1.41 bits per heavy atom. The van der Waals surface area contributed by atoms with Crippen LogP contribution in [-0.4, -0.2) is 24.4 Å². The molecule has 1 aromatic rings. The number of nitrogens with zero attached hydrogens (tertiary/aromatic N) is 2. The molecule has 4 heteroatoms. The van der Waals surface area contributed by atoms with E-state index in [-0.39, 0.29) is 0 Å². The molecule has 0 amide bonds. The van der Waals surface area contributed by atoms with Crippen molar-refractivity contribution in [3.63, 3.8) is 0 Å². The molecule has 0 fully saturated rings. The van der Waals surface area contributed by atoms with Crippen LogP contribution >= 0.6 is 11.3 Å². The van der Waals surface area contributed by atoms with Crippen molar-refractivity contribution >= 4 is 22.8 Å². The Labute approximate surface area is 108 Å². The fourth-order valence-electron chi connectivity index (χ4n) is 1.78. The lowest BCUT2D eigenvalue weighted by atomic mass is 10.2. The molecule has 0 aliphatic carbocycles. The summed E-state index contributed by atoms with van der Waals surface area (Å²) in [6, 6.07) is 0. The van der Waals surface area contributed by atoms with Gasteiger partial charge < -0.3 is 4.90 Å². The molecule has 0 radical (unpaired) electrons. The summed E-state index contributed by atoms with van der Waals surface area (Å²) in [6.45, 7) is 10.6. The third-order valence-corrected chi connectivity index (χ3v) is 3.63. The average molecular weight is 254 g/mol. The smallest absolute Gasteiger partial charge is 0.186 e. The number of aromatic nitrogens is 1. The number of aldehydes is 1. The van der Waals surface area contributed by atoms with E-state index >= 15 is 0 Å². The largest absolute Gasteiger partial charge is 0.348 e. The Hall–Kier alpha value is -0.900. The molecule has 0 aliphatic heterocycles. The third kappa shape index (κ3) is 3.80. The molecule has 0 N–H and O–H groups in total. The van der Waals surface area contributed by atoms with Gasteiger partial charge in [-0.1, -0.05) is 38.5 Å². The first kappa shape index (κ1) is 14.2. The van der Waals surface area contributed by atoms with Gasteiger partial charge >= 0.3 is 0 Å². The molecule has 3 nitrogen and oxygen atoms in total. The Morgan fingerprint density at radius 2 is 2.12 bits per heavy atom. The minimum Gasteiger partial charge on any atom is -0.348 e. The number of anilines is 1. The molecule has 1 aromatic heterocycles. The zero-order valence-corrected chi connectivity index (χ0v) is 12.0. The second-order valence-corrected chi connectivity index (χ2v) is 5.62. The summed E-state index contributed by atoms with van der Waals surface area (Å²) in [7, 11) is 0. The van der Waals surface area contributed by atoms with Gasteiger partial charge in [-0.15, -0.1) is 0 Å². The van der Waals surface area contributed by atoms with Crippen LogP contribution in [0.5, 0.6) is 0 Å². The average Bonchev–Trinajstić information content (AvgIpc) is 2.69. The summed E-state index contributed by atoms with van der Waals surface area (Å²) in [6.07, 6.45) is 2.86. The number of rotatable bonds is 7. The summed E-state index contributed by atoms with van der Waals surface area (Å²) < 4.78 is 0. The number of hydrogen-bond donors (Lipinski definition) is 0. The summed E-state index contributed by atoms with van der Waals surface area (Å²) in [4.78, 5) is 18.7. The first-order chi connectivity index (χ1) is 8.12. The van der Waals surface area contributed by atoms with Crippen LogP contribution < -0.4 is 4.90 Å². The molecule has 1 rings (SSSR count). The third-order valence-electron chi connectivity index (χ3n) is 2.55. The summed E-state index contributed by atoms with van der Waals surface area (Å²) >= 11 is 1.52. The Bertz CT molecular complexity index is 360. The van der Waals surface area contributed by atoms with Crippen LogP contribution in [0.3, 0.4) is 0 Å². The Balaban J connectivity index is 2.91. The van der Waals surface area contributed by atoms with E-state index in [1.165, 1.54) is 11.3 Å². The molecule has 17 heavy (non-hydrogen) atoms. The lowest BCUT2D eigenvalue weighted by Gasteiger charge is -2.21. The fourth-order valence-corrected chi connectivity index (χ4v) is 2.78. The van der Waals surface area contributed by atoms with Gasteiger partial charge in [0.25, 0.3) is 0 Å². The highest BCUT2D eigenvalue weighted by atomic mass is 32.1. The van der Waals surface area contributed by atoms with E-state index in [9.17, 15) is 4.79 Å². The quantitative estimate of drug-likeness (QED) is 0.699. The monoisotopic (exact) mass is 254 g/mol. The predicted molar refractivity (Wildman–Crippen MR) is 74.2 cm³/mol. The van der Waals surface area contributed by atoms with Gasteiger partial charge in [0.05, 0.1) is 10.6 Å². The van der Waals surface area contributed by atoms with Crippen molar-refractivity contribution in [3.05, 3.63) is 10.6 Å². The van der Waals surface area contributed by atoms with Crippen molar-refractivity contribution in [1.29, 1.82) is 0 Å². The van der Waals surface area contributed by atoms with E-state index in [1.54, 1.807) is 0 Å². The molecular formula is C13H22N2OS. The van der Waals surface area contributed by atoms with E-state index < -0.39 is 0 Å².